The Morgan fingerprint density at radius 3 is 2.33 bits per heavy atom. The summed E-state index contributed by atoms with van der Waals surface area (Å²) in [4.78, 5) is 2.17. The van der Waals surface area contributed by atoms with Crippen molar-refractivity contribution in [3.05, 3.63) is 29.8 Å². The molecule has 0 aliphatic heterocycles. The van der Waals surface area contributed by atoms with Gasteiger partial charge in [-0.15, -0.1) is 0 Å². The van der Waals surface area contributed by atoms with Crippen LogP contribution in [0.2, 0.25) is 0 Å². The van der Waals surface area contributed by atoms with E-state index in [4.69, 9.17) is 4.74 Å². The monoisotopic (exact) mass is 207 g/mol. The van der Waals surface area contributed by atoms with Crippen LogP contribution in [0.5, 0.6) is 5.75 Å². The Bertz CT molecular complexity index is 266. The Morgan fingerprint density at radius 2 is 1.80 bits per heavy atom. The van der Waals surface area contributed by atoms with Gasteiger partial charge in [-0.1, -0.05) is 19.1 Å². The summed E-state index contributed by atoms with van der Waals surface area (Å²) in [7, 11) is 4.16. The van der Waals surface area contributed by atoms with Gasteiger partial charge in [0.15, 0.2) is 0 Å². The predicted molar refractivity (Wildman–Crippen MR) is 64.5 cm³/mol. The van der Waals surface area contributed by atoms with Crippen LogP contribution in [0, 0.1) is 0 Å². The summed E-state index contributed by atoms with van der Waals surface area (Å²) in [6, 6.07) is 8.35. The van der Waals surface area contributed by atoms with Crippen LogP contribution in [0.25, 0.3) is 0 Å². The zero-order chi connectivity index (χ0) is 11.1. The summed E-state index contributed by atoms with van der Waals surface area (Å²) >= 11 is 0. The van der Waals surface area contributed by atoms with E-state index in [0.29, 0.717) is 0 Å². The Morgan fingerprint density at radius 1 is 1.13 bits per heavy atom. The second kappa shape index (κ2) is 6.46. The molecule has 0 heterocycles. The van der Waals surface area contributed by atoms with E-state index in [2.05, 4.69) is 50.2 Å². The average Bonchev–Trinajstić information content (AvgIpc) is 2.25. The van der Waals surface area contributed by atoms with Crippen molar-refractivity contribution >= 4 is 0 Å². The van der Waals surface area contributed by atoms with Crippen molar-refractivity contribution in [2.75, 3.05) is 27.2 Å². The Balaban J connectivity index is 2.25. The largest absolute Gasteiger partial charge is 0.494 e. The molecule has 0 saturated carbocycles. The van der Waals surface area contributed by atoms with Gasteiger partial charge >= 0.3 is 0 Å². The molecule has 1 aromatic carbocycles. The fourth-order valence-electron chi connectivity index (χ4n) is 1.39. The van der Waals surface area contributed by atoms with E-state index in [1.54, 1.807) is 0 Å². The lowest BCUT2D eigenvalue weighted by Gasteiger charge is -2.10. The van der Waals surface area contributed by atoms with E-state index in [1.807, 2.05) is 0 Å². The van der Waals surface area contributed by atoms with Crippen LogP contribution in [0.3, 0.4) is 0 Å². The zero-order valence-corrected chi connectivity index (χ0v) is 9.99. The Hall–Kier alpha value is -1.02. The molecule has 2 nitrogen and oxygen atoms in total. The molecule has 0 fully saturated rings. The first kappa shape index (κ1) is 12.1. The Labute approximate surface area is 92.9 Å². The fourth-order valence-corrected chi connectivity index (χ4v) is 1.39. The fraction of sp³-hybridized carbons (Fsp3) is 0.538. The molecule has 0 spiro atoms. The molecule has 84 valence electrons. The number of hydrogen-bond acceptors (Lipinski definition) is 2. The van der Waals surface area contributed by atoms with E-state index >= 15 is 0 Å². The molecule has 0 bridgehead atoms. The van der Waals surface area contributed by atoms with Gasteiger partial charge in [-0.25, -0.2) is 0 Å². The van der Waals surface area contributed by atoms with Crippen molar-refractivity contribution in [1.29, 1.82) is 0 Å². The van der Waals surface area contributed by atoms with Gasteiger partial charge in [0.1, 0.15) is 5.75 Å². The molecule has 0 atom stereocenters. The maximum Gasteiger partial charge on any atom is 0.119 e. The first-order chi connectivity index (χ1) is 7.22. The molecule has 0 aliphatic carbocycles. The van der Waals surface area contributed by atoms with Gasteiger partial charge in [0.2, 0.25) is 0 Å². The van der Waals surface area contributed by atoms with Crippen molar-refractivity contribution in [3.63, 3.8) is 0 Å². The maximum atomic E-state index is 5.63. The van der Waals surface area contributed by atoms with Crippen LogP contribution in [0.1, 0.15) is 18.9 Å². The first-order valence-corrected chi connectivity index (χ1v) is 5.59. The molecule has 1 aromatic rings. The SMILES string of the molecule is CCc1ccc(OCCCN(C)C)cc1. The number of benzene rings is 1. The van der Waals surface area contributed by atoms with Gasteiger partial charge in [-0.2, -0.15) is 0 Å². The summed E-state index contributed by atoms with van der Waals surface area (Å²) in [5, 5.41) is 0. The van der Waals surface area contributed by atoms with Crippen LogP contribution >= 0.6 is 0 Å². The van der Waals surface area contributed by atoms with Gasteiger partial charge in [0.05, 0.1) is 6.61 Å². The van der Waals surface area contributed by atoms with E-state index in [1.165, 1.54) is 5.56 Å². The van der Waals surface area contributed by atoms with Crippen molar-refractivity contribution in [3.8, 4) is 5.75 Å². The highest BCUT2D eigenvalue weighted by Crippen LogP contribution is 2.12. The van der Waals surface area contributed by atoms with Gasteiger partial charge in [-0.05, 0) is 44.6 Å². The zero-order valence-electron chi connectivity index (χ0n) is 9.99. The molecule has 0 aromatic heterocycles. The van der Waals surface area contributed by atoms with Crippen LogP contribution in [0.4, 0.5) is 0 Å². The van der Waals surface area contributed by atoms with E-state index in [0.717, 1.165) is 31.7 Å². The van der Waals surface area contributed by atoms with E-state index in [-0.39, 0.29) is 0 Å². The topological polar surface area (TPSA) is 12.5 Å². The molecule has 0 radical (unpaired) electrons. The summed E-state index contributed by atoms with van der Waals surface area (Å²) < 4.78 is 5.63. The third-order valence-electron chi connectivity index (χ3n) is 2.35. The highest BCUT2D eigenvalue weighted by atomic mass is 16.5. The second-order valence-corrected chi connectivity index (χ2v) is 4.00. The normalized spacial score (nSPS) is 10.7. The average molecular weight is 207 g/mol. The lowest BCUT2D eigenvalue weighted by atomic mass is 10.2. The molecular formula is C13H21NO. The third-order valence-corrected chi connectivity index (χ3v) is 2.35. The molecule has 15 heavy (non-hydrogen) atoms. The second-order valence-electron chi connectivity index (χ2n) is 4.00. The number of rotatable bonds is 6. The molecule has 2 heteroatoms. The smallest absolute Gasteiger partial charge is 0.119 e. The summed E-state index contributed by atoms with van der Waals surface area (Å²) in [5.41, 5.74) is 1.36. The van der Waals surface area contributed by atoms with Crippen LogP contribution in [-0.2, 0) is 6.42 Å². The molecule has 0 saturated heterocycles. The maximum absolute atomic E-state index is 5.63. The van der Waals surface area contributed by atoms with Crippen molar-refractivity contribution < 1.29 is 4.74 Å². The van der Waals surface area contributed by atoms with Gasteiger partial charge in [-0.3, -0.25) is 0 Å². The molecule has 0 unspecified atom stereocenters. The number of ether oxygens (including phenoxy) is 1. The summed E-state index contributed by atoms with van der Waals surface area (Å²) in [6.45, 7) is 4.03. The van der Waals surface area contributed by atoms with Gasteiger partial charge in [0.25, 0.3) is 0 Å². The lowest BCUT2D eigenvalue weighted by Crippen LogP contribution is -2.15. The number of nitrogens with zero attached hydrogens (tertiary/aromatic N) is 1. The van der Waals surface area contributed by atoms with Crippen molar-refractivity contribution in [2.24, 2.45) is 0 Å². The van der Waals surface area contributed by atoms with Crippen LogP contribution < -0.4 is 4.74 Å². The van der Waals surface area contributed by atoms with Gasteiger partial charge in [0, 0.05) is 6.54 Å². The van der Waals surface area contributed by atoms with Crippen molar-refractivity contribution in [1.82, 2.24) is 4.90 Å². The molecular weight excluding hydrogens is 186 g/mol. The van der Waals surface area contributed by atoms with Crippen LogP contribution in [0.15, 0.2) is 24.3 Å². The first-order valence-electron chi connectivity index (χ1n) is 5.59. The summed E-state index contributed by atoms with van der Waals surface area (Å²) in [5.74, 6) is 0.978. The van der Waals surface area contributed by atoms with Gasteiger partial charge < -0.3 is 9.64 Å². The minimum atomic E-state index is 0.795. The number of aryl methyl sites for hydroxylation is 1. The third kappa shape index (κ3) is 4.84. The van der Waals surface area contributed by atoms with Crippen LogP contribution in [-0.4, -0.2) is 32.1 Å². The Kier molecular flexibility index (Phi) is 5.19. The lowest BCUT2D eigenvalue weighted by molar-refractivity contribution is 0.281. The molecule has 0 N–H and O–H groups in total. The van der Waals surface area contributed by atoms with Crippen molar-refractivity contribution in [2.45, 2.75) is 19.8 Å². The molecule has 0 aliphatic rings. The van der Waals surface area contributed by atoms with E-state index < -0.39 is 0 Å². The predicted octanol–water partition coefficient (Wildman–Crippen LogP) is 2.58. The molecule has 1 rings (SSSR count). The standard InChI is InChI=1S/C13H21NO/c1-4-12-6-8-13(9-7-12)15-11-5-10-14(2)3/h6-9H,4-5,10-11H2,1-3H3. The highest BCUT2D eigenvalue weighted by molar-refractivity contribution is 5.27. The minimum Gasteiger partial charge on any atom is -0.494 e. The highest BCUT2D eigenvalue weighted by Gasteiger charge is 1.95. The number of hydrogen-bond donors (Lipinski definition) is 0. The quantitative estimate of drug-likeness (QED) is 0.665. The minimum absolute atomic E-state index is 0.795. The molecule has 0 amide bonds. The summed E-state index contributed by atoms with van der Waals surface area (Å²) in [6.07, 6.45) is 2.16. The van der Waals surface area contributed by atoms with E-state index in [9.17, 15) is 0 Å².